The first-order valence-corrected chi connectivity index (χ1v) is 27.6. The molecule has 2 amide bonds. The van der Waals surface area contributed by atoms with Gasteiger partial charge in [0, 0.05) is 70.2 Å². The van der Waals surface area contributed by atoms with Gasteiger partial charge in [0.15, 0.2) is 0 Å². The number of hydrogen-bond acceptors (Lipinski definition) is 9. The van der Waals surface area contributed by atoms with E-state index in [1.165, 1.54) is 168 Å². The summed E-state index contributed by atoms with van der Waals surface area (Å²) in [5.41, 5.74) is 3.56. The first kappa shape index (κ1) is 45.3. The zero-order valence-electron chi connectivity index (χ0n) is 36.3. The second-order valence-electron chi connectivity index (χ2n) is 16.9. The third-order valence-corrected chi connectivity index (χ3v) is 17.6. The normalized spacial score (nSPS) is 12.9. The maximum atomic E-state index is 14.0. The number of carbonyl (C=O) groups excluding carboxylic acids is 2. The number of hydrogen-bond donors (Lipinski definition) is 0. The van der Waals surface area contributed by atoms with Crippen LogP contribution in [0.25, 0.3) is 51.1 Å². The van der Waals surface area contributed by atoms with Crippen LogP contribution >= 0.6 is 56.7 Å². The fourth-order valence-corrected chi connectivity index (χ4v) is 14.2. The third-order valence-electron chi connectivity index (χ3n) is 12.2. The quantitative estimate of drug-likeness (QED) is 0.0363. The van der Waals surface area contributed by atoms with E-state index in [2.05, 4.69) is 50.7 Å². The number of aromatic nitrogens is 2. The Labute approximate surface area is 379 Å². The van der Waals surface area contributed by atoms with Gasteiger partial charge in [-0.1, -0.05) is 143 Å². The molecule has 1 aliphatic rings. The van der Waals surface area contributed by atoms with Crippen molar-refractivity contribution in [2.75, 3.05) is 6.54 Å². The van der Waals surface area contributed by atoms with Crippen LogP contribution in [-0.2, 0) is 12.8 Å². The van der Waals surface area contributed by atoms with Gasteiger partial charge < -0.3 is 0 Å². The second-order valence-corrected chi connectivity index (χ2v) is 21.9. The van der Waals surface area contributed by atoms with Crippen molar-refractivity contribution in [1.82, 2.24) is 14.9 Å². The summed E-state index contributed by atoms with van der Waals surface area (Å²) < 4.78 is 2.45. The van der Waals surface area contributed by atoms with Gasteiger partial charge in [0.2, 0.25) is 0 Å². The number of nitrogens with zero attached hydrogens (tertiary/aromatic N) is 3. The van der Waals surface area contributed by atoms with Crippen molar-refractivity contribution in [3.05, 3.63) is 56.2 Å². The number of imide groups is 1. The molecule has 0 saturated carbocycles. The molecule has 0 unspecified atom stereocenters. The Morgan fingerprint density at radius 2 is 1.05 bits per heavy atom. The van der Waals surface area contributed by atoms with Crippen LogP contribution in [0.1, 0.15) is 192 Å². The molecule has 6 aromatic rings. The van der Waals surface area contributed by atoms with Crippen LogP contribution in [0.3, 0.4) is 0 Å². The number of rotatable bonds is 28. The topological polar surface area (TPSA) is 63.2 Å². The lowest BCUT2D eigenvalue weighted by Gasteiger charge is -2.14. The minimum absolute atomic E-state index is 0.130. The second kappa shape index (κ2) is 23.1. The van der Waals surface area contributed by atoms with Gasteiger partial charge in [-0.15, -0.1) is 56.7 Å². The predicted octanol–water partition coefficient (Wildman–Crippen LogP) is 17.4. The number of unbranched alkanes of at least 4 members (excludes halogenated alkanes) is 19. The highest BCUT2D eigenvalue weighted by atomic mass is 32.1. The standard InChI is InChI=1S/C50H65N3O2S5/c1-4-7-10-13-16-18-20-23-26-35-32-51-47(58-35)41-37-28-30-56-44(37)42(48-52-33-36(59-48)27-24-21-19-17-14-11-8-5-2)38-31-40(60-45(38)41)46-43-39(34-57-46)49(54)53(50(43)55)29-25-22-15-12-9-6-3/h28,30-34H,4-27,29H2,1-3H3. The van der Waals surface area contributed by atoms with E-state index in [4.69, 9.17) is 9.97 Å². The Balaban J connectivity index is 1.17. The fourth-order valence-electron chi connectivity index (χ4n) is 8.72. The maximum Gasteiger partial charge on any atom is 0.263 e. The molecule has 0 atom stereocenters. The largest absolute Gasteiger partial charge is 0.274 e. The molecule has 0 saturated heterocycles. The molecule has 5 aromatic heterocycles. The molecule has 0 N–H and O–H groups in total. The molecule has 7 rings (SSSR count). The van der Waals surface area contributed by atoms with Crippen LogP contribution in [-0.4, -0.2) is 33.2 Å². The molecule has 0 fully saturated rings. The Morgan fingerprint density at radius 3 is 1.62 bits per heavy atom. The van der Waals surface area contributed by atoms with Crippen molar-refractivity contribution in [1.29, 1.82) is 0 Å². The average molecular weight is 900 g/mol. The van der Waals surface area contributed by atoms with Crippen LogP contribution < -0.4 is 0 Å². The number of amides is 2. The monoisotopic (exact) mass is 899 g/mol. The van der Waals surface area contributed by atoms with Gasteiger partial charge >= 0.3 is 0 Å². The SMILES string of the molecule is CCCCCCCCCCc1cnc(-c2c3cc(-c4scc5c4C(=O)N(CCCCCCCC)C5=O)sc3c(-c3ncc(CCCCCCCCCC)s3)c3ccsc23)s1. The molecule has 60 heavy (non-hydrogen) atoms. The molecule has 5 nitrogen and oxygen atoms in total. The Kier molecular flexibility index (Phi) is 17.4. The molecule has 1 aromatic carbocycles. The minimum Gasteiger partial charge on any atom is -0.274 e. The highest BCUT2D eigenvalue weighted by Crippen LogP contribution is 2.53. The van der Waals surface area contributed by atoms with E-state index < -0.39 is 0 Å². The Hall–Kier alpha value is -2.76. The van der Waals surface area contributed by atoms with E-state index in [-0.39, 0.29) is 11.8 Å². The van der Waals surface area contributed by atoms with Crippen molar-refractivity contribution < 1.29 is 9.59 Å². The minimum atomic E-state index is -0.132. The number of thiazole rings is 2. The Morgan fingerprint density at radius 1 is 0.533 bits per heavy atom. The molecule has 0 bridgehead atoms. The van der Waals surface area contributed by atoms with Crippen molar-refractivity contribution in [2.24, 2.45) is 0 Å². The maximum absolute atomic E-state index is 14.0. The number of thiophene rings is 3. The highest BCUT2D eigenvalue weighted by molar-refractivity contribution is 7.27. The van der Waals surface area contributed by atoms with E-state index >= 15 is 0 Å². The predicted molar refractivity (Wildman–Crippen MR) is 264 cm³/mol. The van der Waals surface area contributed by atoms with Crippen LogP contribution in [0, 0.1) is 0 Å². The third kappa shape index (κ3) is 10.9. The number of benzene rings is 1. The van der Waals surface area contributed by atoms with E-state index in [9.17, 15) is 9.59 Å². The van der Waals surface area contributed by atoms with E-state index in [1.54, 1.807) is 34.0 Å². The molecule has 0 radical (unpaired) electrons. The first-order chi connectivity index (χ1) is 29.5. The van der Waals surface area contributed by atoms with Gasteiger partial charge in [-0.2, -0.15) is 0 Å². The van der Waals surface area contributed by atoms with E-state index in [1.807, 2.05) is 28.1 Å². The fraction of sp³-hybridized carbons (Fsp3) is 0.560. The van der Waals surface area contributed by atoms with Crippen molar-refractivity contribution >= 4 is 88.7 Å². The molecular formula is C50H65N3O2S5. The molecular weight excluding hydrogens is 835 g/mol. The summed E-state index contributed by atoms with van der Waals surface area (Å²) >= 11 is 8.78. The summed E-state index contributed by atoms with van der Waals surface area (Å²) in [6.07, 6.45) is 34.2. The van der Waals surface area contributed by atoms with Gasteiger partial charge in [0.25, 0.3) is 11.8 Å². The van der Waals surface area contributed by atoms with Crippen LogP contribution in [0.15, 0.2) is 35.3 Å². The van der Waals surface area contributed by atoms with Crippen molar-refractivity contribution in [3.8, 4) is 30.9 Å². The summed E-state index contributed by atoms with van der Waals surface area (Å²) in [4.78, 5) is 44.1. The first-order valence-electron chi connectivity index (χ1n) is 23.4. The van der Waals surface area contributed by atoms with E-state index in [0.717, 1.165) is 51.9 Å². The molecule has 10 heteroatoms. The van der Waals surface area contributed by atoms with Crippen LogP contribution in [0.4, 0.5) is 0 Å². The molecule has 0 aliphatic carbocycles. The molecule has 6 heterocycles. The molecule has 322 valence electrons. The summed E-state index contributed by atoms with van der Waals surface area (Å²) in [6, 6.07) is 4.57. The lowest BCUT2D eigenvalue weighted by Crippen LogP contribution is -2.30. The highest BCUT2D eigenvalue weighted by Gasteiger charge is 2.39. The number of carbonyl (C=O) groups is 2. The van der Waals surface area contributed by atoms with Gasteiger partial charge in [0.1, 0.15) is 10.0 Å². The Bertz CT molecular complexity index is 2180. The zero-order chi connectivity index (χ0) is 41.7. The summed E-state index contributed by atoms with van der Waals surface area (Å²) in [6.45, 7) is 7.28. The van der Waals surface area contributed by atoms with Crippen molar-refractivity contribution in [3.63, 3.8) is 0 Å². The summed E-state index contributed by atoms with van der Waals surface area (Å²) in [7, 11) is 0. The number of fused-ring (bicyclic) bond motifs is 3. The van der Waals surface area contributed by atoms with Gasteiger partial charge in [0.05, 0.1) is 16.0 Å². The lowest BCUT2D eigenvalue weighted by molar-refractivity contribution is 0.0651. The lowest BCUT2D eigenvalue weighted by atomic mass is 10.0. The van der Waals surface area contributed by atoms with Crippen LogP contribution in [0.5, 0.6) is 0 Å². The molecule has 1 aliphatic heterocycles. The van der Waals surface area contributed by atoms with Gasteiger partial charge in [-0.05, 0) is 49.6 Å². The van der Waals surface area contributed by atoms with Crippen LogP contribution in [0.2, 0.25) is 0 Å². The summed E-state index contributed by atoms with van der Waals surface area (Å²) in [5.74, 6) is -0.262. The zero-order valence-corrected chi connectivity index (χ0v) is 40.4. The molecule has 0 spiro atoms. The van der Waals surface area contributed by atoms with Crippen molar-refractivity contribution in [2.45, 2.75) is 175 Å². The smallest absolute Gasteiger partial charge is 0.263 e. The van der Waals surface area contributed by atoms with E-state index in [0.29, 0.717) is 17.7 Å². The summed E-state index contributed by atoms with van der Waals surface area (Å²) in [5, 5.41) is 8.70. The average Bonchev–Trinajstić information content (AvgIpc) is 4.12. The van der Waals surface area contributed by atoms with Gasteiger partial charge in [-0.3, -0.25) is 14.5 Å². The number of aryl methyl sites for hydroxylation is 2. The van der Waals surface area contributed by atoms with Gasteiger partial charge in [-0.25, -0.2) is 9.97 Å².